The summed E-state index contributed by atoms with van der Waals surface area (Å²) in [5, 5.41) is -0.428. The molecule has 0 aliphatic heterocycles. The first-order valence-corrected chi connectivity index (χ1v) is 6.70. The van der Waals surface area contributed by atoms with Gasteiger partial charge in [0.25, 0.3) is 0 Å². The van der Waals surface area contributed by atoms with Crippen LogP contribution in [-0.2, 0) is 0 Å². The van der Waals surface area contributed by atoms with Crippen LogP contribution in [0.3, 0.4) is 0 Å². The zero-order valence-corrected chi connectivity index (χ0v) is 12.6. The number of hydrogen-bond acceptors (Lipinski definition) is 0. The molecular weight excluding hydrogens is 374 g/mol. The van der Waals surface area contributed by atoms with Crippen molar-refractivity contribution < 1.29 is 0 Å². The van der Waals surface area contributed by atoms with Gasteiger partial charge in [-0.25, -0.2) is 0 Å². The van der Waals surface area contributed by atoms with Crippen molar-refractivity contribution >= 4 is 66.7 Å². The smallest absolute Gasteiger partial charge is 0.115 e. The molecule has 0 aliphatic rings. The van der Waals surface area contributed by atoms with Gasteiger partial charge in [0, 0.05) is 14.5 Å². The van der Waals surface area contributed by atoms with E-state index in [1.165, 1.54) is 0 Å². The molecule has 0 fully saturated rings. The molecule has 1 aromatic rings. The van der Waals surface area contributed by atoms with Crippen molar-refractivity contribution in [3.8, 4) is 0 Å². The van der Waals surface area contributed by atoms with E-state index in [4.69, 9.17) is 34.8 Å². The monoisotopic (exact) mass is 378 g/mol. The summed E-state index contributed by atoms with van der Waals surface area (Å²) < 4.78 is 1.83. The second kappa shape index (κ2) is 5.40. The largest absolute Gasteiger partial charge is 0.128 e. The fourth-order valence-electron chi connectivity index (χ4n) is 1.10. The Balaban J connectivity index is 3.20. The zero-order chi connectivity index (χ0) is 10.9. The van der Waals surface area contributed by atoms with Crippen LogP contribution in [0.2, 0.25) is 0 Å². The molecule has 0 heterocycles. The number of rotatable bonds is 2. The normalized spacial score (nSPS) is 13.4. The molecule has 0 amide bonds. The highest BCUT2D eigenvalue weighted by Crippen LogP contribution is 2.40. The van der Waals surface area contributed by atoms with Crippen LogP contribution in [0, 0.1) is 6.92 Å². The fraction of sp³-hybridized carbons (Fsp3) is 0.333. The lowest BCUT2D eigenvalue weighted by Gasteiger charge is -2.15. The molecular formula is C9H7Br2Cl3. The molecule has 1 atom stereocenters. The average molecular weight is 381 g/mol. The summed E-state index contributed by atoms with van der Waals surface area (Å²) >= 11 is 24.4. The Morgan fingerprint density at radius 3 is 1.86 bits per heavy atom. The van der Waals surface area contributed by atoms with E-state index in [1.54, 1.807) is 0 Å². The third-order valence-electron chi connectivity index (χ3n) is 1.72. The van der Waals surface area contributed by atoms with Crippen LogP contribution in [0.15, 0.2) is 21.1 Å². The van der Waals surface area contributed by atoms with Crippen LogP contribution >= 0.6 is 66.7 Å². The molecule has 0 radical (unpaired) electrons. The molecule has 0 nitrogen and oxygen atoms in total. The van der Waals surface area contributed by atoms with Crippen LogP contribution in [0.4, 0.5) is 0 Å². The molecule has 5 heteroatoms. The number of hydrogen-bond donors (Lipinski definition) is 0. The standard InChI is InChI=1S/C9H7Br2Cl3/c1-4-2-5(10)7(6(11)3-4)8(12)9(13)14/h2-3,8-9H,1H3. The van der Waals surface area contributed by atoms with Crippen LogP contribution in [0.5, 0.6) is 0 Å². The summed E-state index contributed by atoms with van der Waals surface area (Å²) in [5.41, 5.74) is 2.02. The minimum atomic E-state index is -0.632. The summed E-state index contributed by atoms with van der Waals surface area (Å²) in [5.74, 6) is 0. The molecule has 1 unspecified atom stereocenters. The SMILES string of the molecule is Cc1cc(Br)c(C(Cl)C(Cl)Cl)c(Br)c1. The van der Waals surface area contributed by atoms with Gasteiger partial charge in [-0.3, -0.25) is 0 Å². The van der Waals surface area contributed by atoms with Gasteiger partial charge in [-0.2, -0.15) is 0 Å². The van der Waals surface area contributed by atoms with Crippen molar-refractivity contribution in [3.63, 3.8) is 0 Å². The first kappa shape index (κ1) is 13.1. The lowest BCUT2D eigenvalue weighted by Crippen LogP contribution is -2.02. The molecule has 0 spiro atoms. The van der Waals surface area contributed by atoms with Gasteiger partial charge in [-0.1, -0.05) is 31.9 Å². The van der Waals surface area contributed by atoms with Crippen molar-refractivity contribution in [1.82, 2.24) is 0 Å². The van der Waals surface area contributed by atoms with Gasteiger partial charge < -0.3 is 0 Å². The third-order valence-corrected chi connectivity index (χ3v) is 4.26. The van der Waals surface area contributed by atoms with E-state index in [1.807, 2.05) is 19.1 Å². The molecule has 0 aromatic heterocycles. The van der Waals surface area contributed by atoms with Crippen molar-refractivity contribution in [2.45, 2.75) is 17.1 Å². The Labute approximate surface area is 115 Å². The van der Waals surface area contributed by atoms with Gasteiger partial charge in [0.2, 0.25) is 0 Å². The number of benzene rings is 1. The van der Waals surface area contributed by atoms with Crippen LogP contribution < -0.4 is 0 Å². The summed E-state index contributed by atoms with van der Waals surface area (Å²) in [6, 6.07) is 3.96. The van der Waals surface area contributed by atoms with E-state index in [0.717, 1.165) is 20.1 Å². The van der Waals surface area contributed by atoms with Gasteiger partial charge >= 0.3 is 0 Å². The van der Waals surface area contributed by atoms with Crippen molar-refractivity contribution in [2.75, 3.05) is 0 Å². The molecule has 78 valence electrons. The fourth-order valence-corrected chi connectivity index (χ4v) is 3.76. The molecule has 0 saturated heterocycles. The van der Waals surface area contributed by atoms with Gasteiger partial charge in [-0.15, -0.1) is 34.8 Å². The third kappa shape index (κ3) is 3.02. The predicted molar refractivity (Wildman–Crippen MR) is 70.7 cm³/mol. The highest BCUT2D eigenvalue weighted by molar-refractivity contribution is 9.11. The molecule has 1 rings (SSSR count). The highest BCUT2D eigenvalue weighted by atomic mass is 79.9. The van der Waals surface area contributed by atoms with Crippen molar-refractivity contribution in [1.29, 1.82) is 0 Å². The molecule has 14 heavy (non-hydrogen) atoms. The van der Waals surface area contributed by atoms with Gasteiger partial charge in [0.05, 0.1) is 5.38 Å². The van der Waals surface area contributed by atoms with E-state index in [2.05, 4.69) is 31.9 Å². The minimum Gasteiger partial charge on any atom is -0.115 e. The number of aryl methyl sites for hydroxylation is 1. The summed E-state index contributed by atoms with van der Waals surface area (Å²) in [7, 11) is 0. The number of alkyl halides is 3. The van der Waals surface area contributed by atoms with Gasteiger partial charge in [0.1, 0.15) is 4.84 Å². The van der Waals surface area contributed by atoms with Crippen LogP contribution in [0.25, 0.3) is 0 Å². The maximum Gasteiger partial charge on any atom is 0.128 e. The minimum absolute atomic E-state index is 0.428. The van der Waals surface area contributed by atoms with Crippen LogP contribution in [-0.4, -0.2) is 4.84 Å². The average Bonchev–Trinajstić information content (AvgIpc) is 2.01. The second-order valence-corrected chi connectivity index (χ2v) is 6.22. The van der Waals surface area contributed by atoms with E-state index in [-0.39, 0.29) is 0 Å². The maximum atomic E-state index is 6.08. The lowest BCUT2D eigenvalue weighted by atomic mass is 10.1. The molecule has 0 saturated carbocycles. The van der Waals surface area contributed by atoms with Crippen molar-refractivity contribution in [3.05, 3.63) is 32.2 Å². The Kier molecular flexibility index (Phi) is 5.06. The Bertz CT molecular complexity index is 316. The quantitative estimate of drug-likeness (QED) is 0.585. The lowest BCUT2D eigenvalue weighted by molar-refractivity contribution is 1.01. The predicted octanol–water partition coefficient (Wildman–Crippen LogP) is 5.60. The van der Waals surface area contributed by atoms with E-state index >= 15 is 0 Å². The summed E-state index contributed by atoms with van der Waals surface area (Å²) in [6.07, 6.45) is 0. The Hall–Kier alpha value is 1.05. The molecule has 0 N–H and O–H groups in total. The second-order valence-electron chi connectivity index (χ2n) is 2.88. The highest BCUT2D eigenvalue weighted by Gasteiger charge is 2.21. The van der Waals surface area contributed by atoms with Gasteiger partial charge in [-0.05, 0) is 24.6 Å². The number of halogens is 5. The molecule has 0 aliphatic carbocycles. The summed E-state index contributed by atoms with van der Waals surface area (Å²) in [6.45, 7) is 2.00. The van der Waals surface area contributed by atoms with Crippen molar-refractivity contribution in [2.24, 2.45) is 0 Å². The molecule has 1 aromatic carbocycles. The summed E-state index contributed by atoms with van der Waals surface area (Å²) in [4.78, 5) is -0.632. The Morgan fingerprint density at radius 2 is 1.50 bits per heavy atom. The van der Waals surface area contributed by atoms with Gasteiger partial charge in [0.15, 0.2) is 0 Å². The topological polar surface area (TPSA) is 0 Å². The van der Waals surface area contributed by atoms with E-state index in [9.17, 15) is 0 Å². The van der Waals surface area contributed by atoms with E-state index in [0.29, 0.717) is 0 Å². The molecule has 0 bridgehead atoms. The van der Waals surface area contributed by atoms with E-state index < -0.39 is 10.2 Å². The Morgan fingerprint density at radius 1 is 1.07 bits per heavy atom. The van der Waals surface area contributed by atoms with Crippen LogP contribution in [0.1, 0.15) is 16.5 Å². The maximum absolute atomic E-state index is 6.08. The zero-order valence-electron chi connectivity index (χ0n) is 7.20. The first-order valence-electron chi connectivity index (χ1n) is 3.81. The first-order chi connectivity index (χ1) is 6.43.